The minimum atomic E-state index is 0.443. The Morgan fingerprint density at radius 2 is 1.08 bits per heavy atom. The second-order valence-corrected chi connectivity index (χ2v) is 4.80. The Hall–Kier alpha value is -3.24. The molecule has 0 atom stereocenters. The molecule has 0 aliphatic carbocycles. The van der Waals surface area contributed by atoms with Gasteiger partial charge in [-0.2, -0.15) is 0 Å². The molecule has 0 aliphatic heterocycles. The molecular weight excluding hydrogens is 296 g/mol. The van der Waals surface area contributed by atoms with Gasteiger partial charge < -0.3 is 0 Å². The summed E-state index contributed by atoms with van der Waals surface area (Å²) in [5.74, 6) is 11.9. The van der Waals surface area contributed by atoms with Crippen LogP contribution in [-0.4, -0.2) is 19.9 Å². The van der Waals surface area contributed by atoms with Crippen molar-refractivity contribution in [1.29, 1.82) is 0 Å². The Bertz CT molecular complexity index is 750. The molecule has 2 heterocycles. The number of rotatable bonds is 4. The van der Waals surface area contributed by atoms with Crippen molar-refractivity contribution < 1.29 is 0 Å². The van der Waals surface area contributed by atoms with Crippen LogP contribution in [-0.2, 0) is 0 Å². The molecule has 2 aromatic heterocycles. The van der Waals surface area contributed by atoms with E-state index in [1.807, 2.05) is 12.2 Å². The molecule has 0 radical (unpaired) electrons. The topological polar surface area (TPSA) is 51.6 Å². The van der Waals surface area contributed by atoms with Crippen molar-refractivity contribution in [3.05, 3.63) is 59.7 Å². The van der Waals surface area contributed by atoms with Gasteiger partial charge in [0.2, 0.25) is 11.6 Å². The summed E-state index contributed by atoms with van der Waals surface area (Å²) in [6, 6.07) is 0. The summed E-state index contributed by atoms with van der Waals surface area (Å²) in [5, 5.41) is 0. The van der Waals surface area contributed by atoms with Crippen molar-refractivity contribution in [3.8, 4) is 23.7 Å². The molecule has 118 valence electrons. The second-order valence-electron chi connectivity index (χ2n) is 4.80. The van der Waals surface area contributed by atoms with E-state index >= 15 is 0 Å². The third-order valence-corrected chi connectivity index (χ3v) is 2.85. The van der Waals surface area contributed by atoms with Crippen molar-refractivity contribution in [1.82, 2.24) is 19.9 Å². The Balaban J connectivity index is 1.99. The van der Waals surface area contributed by atoms with Crippen molar-refractivity contribution >= 4 is 12.2 Å². The van der Waals surface area contributed by atoms with Gasteiger partial charge in [-0.1, -0.05) is 38.2 Å². The van der Waals surface area contributed by atoms with Crippen molar-refractivity contribution in [2.75, 3.05) is 0 Å². The van der Waals surface area contributed by atoms with Crippen LogP contribution in [0.2, 0.25) is 0 Å². The van der Waals surface area contributed by atoms with Gasteiger partial charge in [-0.25, -0.2) is 19.9 Å². The summed E-state index contributed by atoms with van der Waals surface area (Å²) in [7, 11) is 0. The molecule has 0 spiro atoms. The fraction of sp³-hybridized carbons (Fsp3) is 0.200. The maximum absolute atomic E-state index is 4.17. The van der Waals surface area contributed by atoms with Gasteiger partial charge in [0, 0.05) is 35.9 Å². The third kappa shape index (κ3) is 5.87. The lowest BCUT2D eigenvalue weighted by atomic mass is 10.3. The second kappa shape index (κ2) is 9.71. The van der Waals surface area contributed by atoms with Crippen molar-refractivity contribution in [2.24, 2.45) is 0 Å². The summed E-state index contributed by atoms with van der Waals surface area (Å²) in [6.45, 7) is 4.16. The highest BCUT2D eigenvalue weighted by Crippen LogP contribution is 2.00. The zero-order valence-corrected chi connectivity index (χ0v) is 13.8. The molecule has 0 unspecified atom stereocenters. The number of allylic oxidation sites excluding steroid dienone is 2. The molecule has 0 saturated heterocycles. The van der Waals surface area contributed by atoms with E-state index in [1.165, 1.54) is 0 Å². The number of hydrogen-bond acceptors (Lipinski definition) is 4. The average Bonchev–Trinajstić information content (AvgIpc) is 2.64. The van der Waals surface area contributed by atoms with Gasteiger partial charge in [0.1, 0.15) is 0 Å². The molecule has 0 aliphatic rings. The molecule has 0 amide bonds. The van der Waals surface area contributed by atoms with E-state index in [0.717, 1.165) is 24.0 Å². The minimum Gasteiger partial charge on any atom is -0.229 e. The Labute approximate surface area is 142 Å². The lowest BCUT2D eigenvalue weighted by molar-refractivity contribution is 1.12. The van der Waals surface area contributed by atoms with Crippen LogP contribution < -0.4 is 0 Å². The highest BCUT2D eigenvalue weighted by molar-refractivity contribution is 5.48. The van der Waals surface area contributed by atoms with Gasteiger partial charge in [-0.3, -0.25) is 0 Å². The first-order valence-corrected chi connectivity index (χ1v) is 7.81. The van der Waals surface area contributed by atoms with E-state index in [4.69, 9.17) is 0 Å². The van der Waals surface area contributed by atoms with Gasteiger partial charge in [0.05, 0.1) is 0 Å². The van der Waals surface area contributed by atoms with E-state index in [9.17, 15) is 0 Å². The SMILES string of the molecule is CC/C=C/c1cnc(C#CC#Cc2ncc(/C=C/CC)cn2)nc1. The van der Waals surface area contributed by atoms with Crippen LogP contribution in [0, 0.1) is 23.7 Å². The van der Waals surface area contributed by atoms with Crippen molar-refractivity contribution in [2.45, 2.75) is 26.7 Å². The Morgan fingerprint density at radius 3 is 1.42 bits per heavy atom. The zero-order valence-electron chi connectivity index (χ0n) is 13.8. The third-order valence-electron chi connectivity index (χ3n) is 2.85. The van der Waals surface area contributed by atoms with Gasteiger partial charge in [-0.15, -0.1) is 0 Å². The van der Waals surface area contributed by atoms with Crippen LogP contribution in [0.5, 0.6) is 0 Å². The van der Waals surface area contributed by atoms with Crippen LogP contribution in [0.3, 0.4) is 0 Å². The quantitative estimate of drug-likeness (QED) is 0.810. The van der Waals surface area contributed by atoms with Crippen LogP contribution >= 0.6 is 0 Å². The van der Waals surface area contributed by atoms with Crippen LogP contribution in [0.4, 0.5) is 0 Å². The van der Waals surface area contributed by atoms with E-state index < -0.39 is 0 Å². The van der Waals surface area contributed by atoms with E-state index in [1.54, 1.807) is 24.8 Å². The lowest BCUT2D eigenvalue weighted by Crippen LogP contribution is -1.89. The molecule has 0 saturated carbocycles. The highest BCUT2D eigenvalue weighted by atomic mass is 14.9. The van der Waals surface area contributed by atoms with E-state index in [2.05, 4.69) is 69.6 Å². The molecule has 0 N–H and O–H groups in total. The molecule has 0 bridgehead atoms. The normalized spacial score (nSPS) is 10.2. The molecule has 2 rings (SSSR count). The first kappa shape index (κ1) is 17.1. The van der Waals surface area contributed by atoms with Crippen LogP contribution in [0.1, 0.15) is 49.5 Å². The van der Waals surface area contributed by atoms with Gasteiger partial charge in [-0.05, 0) is 36.5 Å². The summed E-state index contributed by atoms with van der Waals surface area (Å²) in [4.78, 5) is 16.7. The molecule has 24 heavy (non-hydrogen) atoms. The minimum absolute atomic E-state index is 0.443. The smallest absolute Gasteiger partial charge is 0.205 e. The number of aromatic nitrogens is 4. The van der Waals surface area contributed by atoms with Crippen molar-refractivity contribution in [3.63, 3.8) is 0 Å². The highest BCUT2D eigenvalue weighted by Gasteiger charge is 1.91. The maximum atomic E-state index is 4.17. The maximum Gasteiger partial charge on any atom is 0.205 e. The molecule has 4 nitrogen and oxygen atoms in total. The molecule has 4 heteroatoms. The zero-order chi connectivity index (χ0) is 17.0. The molecular formula is C20H18N4. The largest absolute Gasteiger partial charge is 0.229 e. The summed E-state index contributed by atoms with van der Waals surface area (Å²) < 4.78 is 0. The fourth-order valence-corrected chi connectivity index (χ4v) is 1.66. The van der Waals surface area contributed by atoms with E-state index in [0.29, 0.717) is 11.6 Å². The number of nitrogens with zero attached hydrogens (tertiary/aromatic N) is 4. The van der Waals surface area contributed by atoms with Gasteiger partial charge in [0.15, 0.2) is 0 Å². The van der Waals surface area contributed by atoms with Gasteiger partial charge in [0.25, 0.3) is 0 Å². The molecule has 2 aromatic rings. The van der Waals surface area contributed by atoms with E-state index in [-0.39, 0.29) is 0 Å². The molecule has 0 fully saturated rings. The lowest BCUT2D eigenvalue weighted by Gasteiger charge is -1.91. The Kier molecular flexibility index (Phi) is 6.93. The molecule has 0 aromatic carbocycles. The predicted octanol–water partition coefficient (Wildman–Crippen LogP) is 3.52. The summed E-state index contributed by atoms with van der Waals surface area (Å²) in [6.07, 6.45) is 17.0. The first-order valence-electron chi connectivity index (χ1n) is 7.81. The predicted molar refractivity (Wildman–Crippen MR) is 96.5 cm³/mol. The summed E-state index contributed by atoms with van der Waals surface area (Å²) >= 11 is 0. The first-order chi connectivity index (χ1) is 11.8. The average molecular weight is 314 g/mol. The number of hydrogen-bond donors (Lipinski definition) is 0. The van der Waals surface area contributed by atoms with Gasteiger partial charge >= 0.3 is 0 Å². The van der Waals surface area contributed by atoms with Crippen LogP contribution in [0.15, 0.2) is 36.9 Å². The monoisotopic (exact) mass is 314 g/mol. The fourth-order valence-electron chi connectivity index (χ4n) is 1.66. The van der Waals surface area contributed by atoms with Crippen LogP contribution in [0.25, 0.3) is 12.2 Å². The standard InChI is InChI=1S/C20H18N4/c1-3-5-9-17-13-21-19(22-14-17)11-7-8-12-20-23-15-18(16-24-20)10-6-4-2/h5-6,9-10,13-16H,3-4H2,1-2H3/b9-5+,10-6+. The Morgan fingerprint density at radius 1 is 0.708 bits per heavy atom. The summed E-state index contributed by atoms with van der Waals surface area (Å²) in [5.41, 5.74) is 1.91.